The van der Waals surface area contributed by atoms with E-state index in [0.29, 0.717) is 21.8 Å². The van der Waals surface area contributed by atoms with Crippen molar-refractivity contribution in [2.24, 2.45) is 0 Å². The zero-order valence-corrected chi connectivity index (χ0v) is 15.8. The van der Waals surface area contributed by atoms with Crippen LogP contribution in [0, 0.1) is 0 Å². The molecule has 0 saturated carbocycles. The maximum Gasteiger partial charge on any atom is 0.339 e. The highest BCUT2D eigenvalue weighted by molar-refractivity contribution is 8.18. The van der Waals surface area contributed by atoms with Gasteiger partial charge in [-0.05, 0) is 41.6 Å². The number of rotatable bonds is 5. The Morgan fingerprint density at radius 1 is 1.19 bits per heavy atom. The van der Waals surface area contributed by atoms with Crippen LogP contribution in [0.4, 0.5) is 10.5 Å². The number of amides is 2. The average molecular weight is 403 g/mol. The fourth-order valence-electron chi connectivity index (χ4n) is 2.46. The minimum Gasteiger partial charge on any atom is -0.465 e. The highest BCUT2D eigenvalue weighted by Crippen LogP contribution is 2.33. The predicted octanol–water partition coefficient (Wildman–Crippen LogP) is 4.23. The second-order valence-electron chi connectivity index (χ2n) is 5.50. The molecule has 1 N–H and O–H groups in total. The van der Waals surface area contributed by atoms with Crippen LogP contribution in [0.5, 0.6) is 0 Å². The molecule has 1 fully saturated rings. The molecule has 3 rings (SSSR count). The van der Waals surface area contributed by atoms with Crippen molar-refractivity contribution in [1.29, 1.82) is 0 Å². The Morgan fingerprint density at radius 2 is 1.89 bits per heavy atom. The Labute approximate surface area is 165 Å². The fourth-order valence-corrected chi connectivity index (χ4v) is 3.48. The van der Waals surface area contributed by atoms with Crippen LogP contribution in [0.3, 0.4) is 0 Å². The van der Waals surface area contributed by atoms with E-state index >= 15 is 0 Å². The Bertz CT molecular complexity index is 945. The number of nitrogens with one attached hydrogen (secondary N) is 1. The molecule has 0 aliphatic carbocycles. The predicted molar refractivity (Wildman–Crippen MR) is 106 cm³/mol. The average Bonchev–Trinajstić information content (AvgIpc) is 2.94. The molecule has 1 saturated heterocycles. The molecular weight excluding hydrogens is 388 g/mol. The molecule has 2 aromatic carbocycles. The summed E-state index contributed by atoms with van der Waals surface area (Å²) in [6.07, 6.45) is 1.59. The van der Waals surface area contributed by atoms with Crippen molar-refractivity contribution in [2.75, 3.05) is 19.1 Å². The Morgan fingerprint density at radius 3 is 2.63 bits per heavy atom. The first kappa shape index (κ1) is 19.0. The number of benzene rings is 2. The molecule has 2 aromatic rings. The van der Waals surface area contributed by atoms with Crippen molar-refractivity contribution in [3.05, 3.63) is 69.6 Å². The zero-order chi connectivity index (χ0) is 19.4. The molecule has 0 radical (unpaired) electrons. The van der Waals surface area contributed by atoms with Crippen LogP contribution in [0.15, 0.2) is 53.4 Å². The summed E-state index contributed by atoms with van der Waals surface area (Å²) in [6, 6.07) is 13.8. The van der Waals surface area contributed by atoms with Gasteiger partial charge in [0.15, 0.2) is 0 Å². The number of ether oxygens (including phenoxy) is 1. The minimum atomic E-state index is -0.508. The number of halogens is 1. The smallest absolute Gasteiger partial charge is 0.339 e. The summed E-state index contributed by atoms with van der Waals surface area (Å²) in [5.41, 5.74) is 1.45. The summed E-state index contributed by atoms with van der Waals surface area (Å²) in [7, 11) is 1.29. The van der Waals surface area contributed by atoms with Crippen LogP contribution in [0.2, 0.25) is 5.02 Å². The number of thioether (sulfide) groups is 1. The van der Waals surface area contributed by atoms with Gasteiger partial charge in [-0.2, -0.15) is 0 Å². The van der Waals surface area contributed by atoms with Gasteiger partial charge in [0, 0.05) is 5.02 Å². The number of anilines is 1. The van der Waals surface area contributed by atoms with Crippen molar-refractivity contribution < 1.29 is 19.1 Å². The molecule has 6 nitrogen and oxygen atoms in total. The monoisotopic (exact) mass is 402 g/mol. The summed E-state index contributed by atoms with van der Waals surface area (Å²) in [5.74, 6) is -0.932. The maximum atomic E-state index is 12.6. The third-order valence-corrected chi connectivity index (χ3v) is 5.08. The van der Waals surface area contributed by atoms with Crippen molar-refractivity contribution >= 4 is 52.2 Å². The molecule has 138 valence electrons. The van der Waals surface area contributed by atoms with Crippen molar-refractivity contribution in [1.82, 2.24) is 4.90 Å². The number of carbonyl (C=O) groups excluding carboxylic acids is 3. The molecule has 0 unspecified atom stereocenters. The first-order chi connectivity index (χ1) is 13.0. The molecule has 1 heterocycles. The third-order valence-electron chi connectivity index (χ3n) is 3.83. The lowest BCUT2D eigenvalue weighted by molar-refractivity contribution is -0.122. The lowest BCUT2D eigenvalue weighted by Gasteiger charge is -2.16. The van der Waals surface area contributed by atoms with Gasteiger partial charge in [0.25, 0.3) is 11.1 Å². The highest BCUT2D eigenvalue weighted by atomic mass is 35.5. The fraction of sp³-hybridized carbons (Fsp3) is 0.105. The van der Waals surface area contributed by atoms with Gasteiger partial charge in [-0.1, -0.05) is 41.9 Å². The Balaban J connectivity index is 1.76. The number of esters is 1. The topological polar surface area (TPSA) is 75.7 Å². The highest BCUT2D eigenvalue weighted by Gasteiger charge is 2.35. The normalized spacial score (nSPS) is 15.3. The lowest BCUT2D eigenvalue weighted by Crippen LogP contribution is -2.33. The quantitative estimate of drug-likeness (QED) is 0.595. The summed E-state index contributed by atoms with van der Waals surface area (Å²) >= 11 is 6.95. The van der Waals surface area contributed by atoms with Crippen LogP contribution in [0.25, 0.3) is 6.08 Å². The number of methoxy groups -OCH3 is 1. The number of hydrogen-bond acceptors (Lipinski definition) is 6. The van der Waals surface area contributed by atoms with Crippen molar-refractivity contribution in [3.63, 3.8) is 0 Å². The summed E-state index contributed by atoms with van der Waals surface area (Å²) in [5, 5.41) is 3.04. The van der Waals surface area contributed by atoms with Gasteiger partial charge in [0.2, 0.25) is 0 Å². The first-order valence-corrected chi connectivity index (χ1v) is 9.12. The van der Waals surface area contributed by atoms with Gasteiger partial charge in [0.05, 0.1) is 29.9 Å². The van der Waals surface area contributed by atoms with Gasteiger partial charge in [-0.25, -0.2) is 4.79 Å². The molecule has 2 amide bonds. The largest absolute Gasteiger partial charge is 0.465 e. The molecule has 0 spiro atoms. The van der Waals surface area contributed by atoms with Gasteiger partial charge < -0.3 is 10.1 Å². The van der Waals surface area contributed by atoms with E-state index in [0.717, 1.165) is 16.7 Å². The van der Waals surface area contributed by atoms with Gasteiger partial charge in [-0.3, -0.25) is 14.5 Å². The summed E-state index contributed by atoms with van der Waals surface area (Å²) < 4.78 is 4.73. The van der Waals surface area contributed by atoms with Gasteiger partial charge >= 0.3 is 5.97 Å². The van der Waals surface area contributed by atoms with Gasteiger partial charge in [0.1, 0.15) is 0 Å². The van der Waals surface area contributed by atoms with Crippen LogP contribution in [-0.4, -0.2) is 35.8 Å². The third kappa shape index (κ3) is 4.15. The van der Waals surface area contributed by atoms with E-state index in [1.165, 1.54) is 7.11 Å². The molecule has 0 aromatic heterocycles. The van der Waals surface area contributed by atoms with E-state index in [1.807, 2.05) is 0 Å². The van der Waals surface area contributed by atoms with E-state index in [9.17, 15) is 14.4 Å². The number of hydrogen-bond donors (Lipinski definition) is 1. The van der Waals surface area contributed by atoms with Crippen LogP contribution in [0.1, 0.15) is 15.9 Å². The molecule has 1 aliphatic heterocycles. The first-order valence-electron chi connectivity index (χ1n) is 7.92. The van der Waals surface area contributed by atoms with Crippen LogP contribution >= 0.6 is 23.4 Å². The van der Waals surface area contributed by atoms with E-state index in [2.05, 4.69) is 5.32 Å². The number of carbonyl (C=O) groups is 3. The number of nitrogens with zero attached hydrogens (tertiary/aromatic N) is 1. The molecule has 8 heteroatoms. The second kappa shape index (κ2) is 8.28. The maximum absolute atomic E-state index is 12.6. The Hall–Kier alpha value is -2.77. The van der Waals surface area contributed by atoms with Crippen molar-refractivity contribution in [3.8, 4) is 0 Å². The SMILES string of the molecule is COC(=O)c1ccccc1NCN1C(=O)SC(=Cc2ccccc2Cl)C1=O. The van der Waals surface area contributed by atoms with Crippen molar-refractivity contribution in [2.45, 2.75) is 0 Å². The Kier molecular flexibility index (Phi) is 5.83. The molecule has 1 aliphatic rings. The minimum absolute atomic E-state index is 0.0709. The van der Waals surface area contributed by atoms with E-state index in [1.54, 1.807) is 54.6 Å². The number of imide groups is 1. The lowest BCUT2D eigenvalue weighted by atomic mass is 10.2. The molecular formula is C19H15ClN2O4S. The van der Waals surface area contributed by atoms with E-state index in [4.69, 9.17) is 16.3 Å². The number of para-hydroxylation sites is 1. The standard InChI is InChI=1S/C19H15ClN2O4S/c1-26-18(24)13-7-3-5-9-15(13)21-11-22-17(23)16(27-19(22)25)10-12-6-2-4-8-14(12)20/h2-10,21H,11H2,1H3. The van der Waals surface area contributed by atoms with Crippen LogP contribution in [-0.2, 0) is 9.53 Å². The molecule has 0 atom stereocenters. The molecule has 27 heavy (non-hydrogen) atoms. The summed E-state index contributed by atoms with van der Waals surface area (Å²) in [6.45, 7) is -0.0709. The summed E-state index contributed by atoms with van der Waals surface area (Å²) in [4.78, 5) is 38.0. The van der Waals surface area contributed by atoms with Gasteiger partial charge in [-0.15, -0.1) is 0 Å². The zero-order valence-electron chi connectivity index (χ0n) is 14.3. The second-order valence-corrected chi connectivity index (χ2v) is 6.90. The van der Waals surface area contributed by atoms with E-state index < -0.39 is 17.1 Å². The molecule has 0 bridgehead atoms. The van der Waals surface area contributed by atoms with Crippen LogP contribution < -0.4 is 5.32 Å². The van der Waals surface area contributed by atoms with E-state index in [-0.39, 0.29) is 11.6 Å².